The summed E-state index contributed by atoms with van der Waals surface area (Å²) in [4.78, 5) is 24.2. The van der Waals surface area contributed by atoms with Crippen molar-refractivity contribution in [2.24, 2.45) is 0 Å². The number of nitrogens with one attached hydrogen (secondary N) is 1. The molecule has 8 heteroatoms. The lowest BCUT2D eigenvalue weighted by atomic mass is 10.3. The van der Waals surface area contributed by atoms with Gasteiger partial charge in [-0.25, -0.2) is 4.79 Å². The van der Waals surface area contributed by atoms with Crippen LogP contribution in [0.5, 0.6) is 0 Å². The van der Waals surface area contributed by atoms with E-state index in [1.54, 1.807) is 30.9 Å². The lowest BCUT2D eigenvalue weighted by Gasteiger charge is -2.08. The molecule has 124 valence electrons. The van der Waals surface area contributed by atoms with E-state index in [1.165, 1.54) is 4.68 Å². The topological polar surface area (TPSA) is 91.0 Å². The van der Waals surface area contributed by atoms with Gasteiger partial charge in [0, 0.05) is 18.9 Å². The molecule has 0 aliphatic carbocycles. The van der Waals surface area contributed by atoms with Gasteiger partial charge in [-0.3, -0.25) is 14.2 Å². The maximum absolute atomic E-state index is 12.1. The second-order valence-corrected chi connectivity index (χ2v) is 5.40. The van der Waals surface area contributed by atoms with Crippen LogP contribution in [0.25, 0.3) is 0 Å². The zero-order valence-electron chi connectivity index (χ0n) is 13.7. The molecule has 1 N–H and O–H groups in total. The van der Waals surface area contributed by atoms with Crippen LogP contribution in [0.4, 0.5) is 5.69 Å². The highest BCUT2D eigenvalue weighted by Gasteiger charge is 2.20. The lowest BCUT2D eigenvalue weighted by Crippen LogP contribution is -2.21. The van der Waals surface area contributed by atoms with Crippen molar-refractivity contribution in [3.05, 3.63) is 29.8 Å². The number of aromatic nitrogens is 4. The largest absolute Gasteiger partial charge is 0.458 e. The average Bonchev–Trinajstić information content (AvgIpc) is 3.04. The quantitative estimate of drug-likeness (QED) is 0.817. The van der Waals surface area contributed by atoms with Crippen molar-refractivity contribution in [2.75, 3.05) is 5.32 Å². The highest BCUT2D eigenvalue weighted by atomic mass is 16.5. The van der Waals surface area contributed by atoms with E-state index in [9.17, 15) is 9.59 Å². The molecule has 0 atom stereocenters. The first-order valence-corrected chi connectivity index (χ1v) is 7.47. The molecule has 0 saturated heterocycles. The predicted octanol–water partition coefficient (Wildman–Crippen LogP) is 1.61. The van der Waals surface area contributed by atoms with Gasteiger partial charge in [-0.05, 0) is 33.8 Å². The van der Waals surface area contributed by atoms with Crippen LogP contribution in [0.2, 0.25) is 0 Å². The molecule has 0 radical (unpaired) electrons. The molecule has 0 fully saturated rings. The molecule has 0 saturated carbocycles. The Balaban J connectivity index is 2.12. The van der Waals surface area contributed by atoms with E-state index in [0.717, 1.165) is 5.69 Å². The van der Waals surface area contributed by atoms with E-state index in [-0.39, 0.29) is 24.2 Å². The van der Waals surface area contributed by atoms with Crippen LogP contribution in [-0.4, -0.2) is 37.5 Å². The number of carbonyl (C=O) groups excluding carboxylic acids is 2. The number of hydrogen-bond acceptors (Lipinski definition) is 5. The third-order valence-corrected chi connectivity index (χ3v) is 2.98. The Morgan fingerprint density at radius 3 is 2.61 bits per heavy atom. The van der Waals surface area contributed by atoms with Gasteiger partial charge in [-0.2, -0.15) is 10.2 Å². The Bertz CT molecular complexity index is 702. The fourth-order valence-corrected chi connectivity index (χ4v) is 1.98. The molecule has 0 unspecified atom stereocenters. The molecule has 0 aromatic carbocycles. The van der Waals surface area contributed by atoms with Crippen molar-refractivity contribution in [2.45, 2.75) is 46.9 Å². The van der Waals surface area contributed by atoms with Crippen LogP contribution in [0.15, 0.2) is 18.5 Å². The molecule has 0 bridgehead atoms. The predicted molar refractivity (Wildman–Crippen MR) is 84.0 cm³/mol. The van der Waals surface area contributed by atoms with Gasteiger partial charge in [0.25, 0.3) is 0 Å². The van der Waals surface area contributed by atoms with Crippen LogP contribution >= 0.6 is 0 Å². The Hall–Kier alpha value is -2.64. The molecule has 23 heavy (non-hydrogen) atoms. The zero-order chi connectivity index (χ0) is 17.0. The van der Waals surface area contributed by atoms with Gasteiger partial charge in [-0.15, -0.1) is 0 Å². The monoisotopic (exact) mass is 319 g/mol. The van der Waals surface area contributed by atoms with Crippen molar-refractivity contribution in [3.63, 3.8) is 0 Å². The summed E-state index contributed by atoms with van der Waals surface area (Å²) in [6.45, 7) is 7.89. The Labute approximate surface area is 134 Å². The molecule has 0 aliphatic rings. The van der Waals surface area contributed by atoms with Gasteiger partial charge in [0.1, 0.15) is 6.54 Å². The molecular formula is C15H21N5O3. The molecule has 0 spiro atoms. The molecule has 2 aromatic rings. The lowest BCUT2D eigenvalue weighted by molar-refractivity contribution is -0.116. The molecular weight excluding hydrogens is 298 g/mol. The summed E-state index contributed by atoms with van der Waals surface area (Å²) in [7, 11) is 0. The van der Waals surface area contributed by atoms with Crippen LogP contribution in [0, 0.1) is 6.92 Å². The fraction of sp³-hybridized carbons (Fsp3) is 0.467. The first kappa shape index (κ1) is 16.7. The number of aryl methyl sites for hydroxylation is 2. The minimum Gasteiger partial charge on any atom is -0.458 e. The van der Waals surface area contributed by atoms with E-state index < -0.39 is 5.97 Å². The van der Waals surface area contributed by atoms with E-state index in [2.05, 4.69) is 15.5 Å². The summed E-state index contributed by atoms with van der Waals surface area (Å²) in [5, 5.41) is 11.0. The maximum atomic E-state index is 12.1. The maximum Gasteiger partial charge on any atom is 0.361 e. The Kier molecular flexibility index (Phi) is 5.15. The number of esters is 1. The molecule has 0 aliphatic heterocycles. The van der Waals surface area contributed by atoms with Gasteiger partial charge < -0.3 is 10.1 Å². The molecule has 2 rings (SSSR count). The average molecular weight is 319 g/mol. The first-order chi connectivity index (χ1) is 10.9. The van der Waals surface area contributed by atoms with Crippen LogP contribution < -0.4 is 5.32 Å². The second kappa shape index (κ2) is 7.08. The van der Waals surface area contributed by atoms with Crippen molar-refractivity contribution in [1.82, 2.24) is 19.6 Å². The minimum atomic E-state index is -0.558. The third-order valence-electron chi connectivity index (χ3n) is 2.98. The summed E-state index contributed by atoms with van der Waals surface area (Å²) in [6, 6.07) is 1.81. The molecule has 2 aromatic heterocycles. The highest BCUT2D eigenvalue weighted by Crippen LogP contribution is 2.16. The number of anilines is 1. The highest BCUT2D eigenvalue weighted by molar-refractivity contribution is 5.99. The van der Waals surface area contributed by atoms with Crippen molar-refractivity contribution in [1.29, 1.82) is 0 Å². The summed E-state index contributed by atoms with van der Waals surface area (Å²) in [5.74, 6) is -0.847. The van der Waals surface area contributed by atoms with Crippen LogP contribution in [-0.2, 0) is 22.6 Å². The number of ether oxygens (including phenoxy) is 1. The van der Waals surface area contributed by atoms with E-state index >= 15 is 0 Å². The van der Waals surface area contributed by atoms with Gasteiger partial charge in [-0.1, -0.05) is 0 Å². The summed E-state index contributed by atoms with van der Waals surface area (Å²) in [6.07, 6.45) is 3.08. The molecule has 2 heterocycles. The van der Waals surface area contributed by atoms with Crippen molar-refractivity contribution in [3.8, 4) is 0 Å². The number of carbonyl (C=O) groups is 2. The van der Waals surface area contributed by atoms with Gasteiger partial charge in [0.15, 0.2) is 5.69 Å². The minimum absolute atomic E-state index is 0.0593. The molecule has 1 amide bonds. The second-order valence-electron chi connectivity index (χ2n) is 5.40. The van der Waals surface area contributed by atoms with E-state index in [0.29, 0.717) is 12.2 Å². The smallest absolute Gasteiger partial charge is 0.361 e. The SMILES string of the molecule is CCn1cc(NC(=O)Cn2ccc(C)n2)c(C(=O)OC(C)C)n1. The summed E-state index contributed by atoms with van der Waals surface area (Å²) < 4.78 is 8.26. The number of rotatable bonds is 6. The third kappa shape index (κ3) is 4.41. The number of nitrogens with zero attached hydrogens (tertiary/aromatic N) is 4. The van der Waals surface area contributed by atoms with Crippen molar-refractivity contribution < 1.29 is 14.3 Å². The first-order valence-electron chi connectivity index (χ1n) is 7.47. The number of hydrogen-bond donors (Lipinski definition) is 1. The van der Waals surface area contributed by atoms with Gasteiger partial charge in [0.05, 0.1) is 17.5 Å². The summed E-state index contributed by atoms with van der Waals surface area (Å²) >= 11 is 0. The van der Waals surface area contributed by atoms with Crippen LogP contribution in [0.3, 0.4) is 0 Å². The fourth-order valence-electron chi connectivity index (χ4n) is 1.98. The molecule has 8 nitrogen and oxygen atoms in total. The number of amides is 1. The zero-order valence-corrected chi connectivity index (χ0v) is 13.7. The van der Waals surface area contributed by atoms with E-state index in [1.807, 2.05) is 19.9 Å². The summed E-state index contributed by atoms with van der Waals surface area (Å²) in [5.41, 5.74) is 1.27. The van der Waals surface area contributed by atoms with Gasteiger partial charge >= 0.3 is 5.97 Å². The van der Waals surface area contributed by atoms with Crippen molar-refractivity contribution >= 4 is 17.6 Å². The Morgan fingerprint density at radius 1 is 1.30 bits per heavy atom. The van der Waals surface area contributed by atoms with Crippen LogP contribution in [0.1, 0.15) is 37.0 Å². The van der Waals surface area contributed by atoms with Gasteiger partial charge in [0.2, 0.25) is 5.91 Å². The Morgan fingerprint density at radius 2 is 2.04 bits per heavy atom. The standard InChI is InChI=1S/C15H21N5O3/c1-5-19-8-12(14(18-19)15(22)23-10(2)3)16-13(21)9-20-7-6-11(4)17-20/h6-8,10H,5,9H2,1-4H3,(H,16,21). The normalized spacial score (nSPS) is 10.8. The van der Waals surface area contributed by atoms with E-state index in [4.69, 9.17) is 4.74 Å².